The number of hydrogen-bond donors (Lipinski definition) is 1. The number of rotatable bonds is 2. The first-order chi connectivity index (χ1) is 9.38. The first kappa shape index (κ1) is 15.1. The summed E-state index contributed by atoms with van der Waals surface area (Å²) in [5, 5.41) is 2.89. The topological polar surface area (TPSA) is 49.4 Å². The monoisotopic (exact) mass is 278 g/mol. The Kier molecular flexibility index (Phi) is 4.51. The lowest BCUT2D eigenvalue weighted by molar-refractivity contribution is -0.137. The van der Waals surface area contributed by atoms with Gasteiger partial charge in [0.2, 0.25) is 11.8 Å². The molecule has 0 aromatic heterocycles. The van der Waals surface area contributed by atoms with Crippen molar-refractivity contribution in [2.75, 3.05) is 13.1 Å². The van der Waals surface area contributed by atoms with Crippen LogP contribution in [0.4, 0.5) is 0 Å². The first-order valence-corrected chi connectivity index (χ1v) is 7.61. The van der Waals surface area contributed by atoms with Gasteiger partial charge in [-0.3, -0.25) is 9.59 Å². The van der Waals surface area contributed by atoms with Crippen LogP contribution in [0, 0.1) is 11.3 Å². The molecule has 2 atom stereocenters. The lowest BCUT2D eigenvalue weighted by Gasteiger charge is -2.34. The summed E-state index contributed by atoms with van der Waals surface area (Å²) in [5.74, 6) is 0.611. The van der Waals surface area contributed by atoms with Gasteiger partial charge in [0, 0.05) is 19.5 Å². The van der Waals surface area contributed by atoms with Crippen LogP contribution in [0.15, 0.2) is 12.2 Å². The molecule has 20 heavy (non-hydrogen) atoms. The van der Waals surface area contributed by atoms with Gasteiger partial charge in [0.05, 0.1) is 0 Å². The first-order valence-electron chi connectivity index (χ1n) is 7.61. The van der Waals surface area contributed by atoms with E-state index in [0.29, 0.717) is 18.9 Å². The van der Waals surface area contributed by atoms with Gasteiger partial charge in [-0.1, -0.05) is 32.9 Å². The second kappa shape index (κ2) is 5.98. The third-order valence-corrected chi connectivity index (χ3v) is 4.20. The zero-order chi connectivity index (χ0) is 14.8. The minimum atomic E-state index is -0.406. The van der Waals surface area contributed by atoms with E-state index >= 15 is 0 Å². The minimum absolute atomic E-state index is 0.00989. The van der Waals surface area contributed by atoms with Crippen molar-refractivity contribution in [3.8, 4) is 0 Å². The highest BCUT2D eigenvalue weighted by Crippen LogP contribution is 2.25. The lowest BCUT2D eigenvalue weighted by atomic mass is 9.85. The molecule has 0 aromatic carbocycles. The summed E-state index contributed by atoms with van der Waals surface area (Å²) < 4.78 is 0. The summed E-state index contributed by atoms with van der Waals surface area (Å²) in [4.78, 5) is 26.4. The van der Waals surface area contributed by atoms with Crippen LogP contribution in [0.2, 0.25) is 0 Å². The Hall–Kier alpha value is -1.32. The molecule has 2 amide bonds. The van der Waals surface area contributed by atoms with Crippen LogP contribution in [0.25, 0.3) is 0 Å². The maximum Gasteiger partial charge on any atom is 0.245 e. The number of nitrogens with zero attached hydrogens (tertiary/aromatic N) is 1. The lowest BCUT2D eigenvalue weighted by Crippen LogP contribution is -2.52. The van der Waals surface area contributed by atoms with Gasteiger partial charge in [-0.15, -0.1) is 0 Å². The van der Waals surface area contributed by atoms with E-state index in [9.17, 15) is 9.59 Å². The molecule has 1 saturated heterocycles. The maximum absolute atomic E-state index is 12.7. The number of carbonyl (C=O) groups excluding carboxylic acids is 2. The van der Waals surface area contributed by atoms with E-state index in [1.54, 1.807) is 0 Å². The molecule has 112 valence electrons. The third-order valence-electron chi connectivity index (χ3n) is 4.20. The second-order valence-electron chi connectivity index (χ2n) is 7.05. The molecule has 0 aromatic rings. The van der Waals surface area contributed by atoms with E-state index in [2.05, 4.69) is 17.5 Å². The van der Waals surface area contributed by atoms with Crippen LogP contribution < -0.4 is 5.32 Å². The number of amides is 2. The van der Waals surface area contributed by atoms with Gasteiger partial charge in [0.15, 0.2) is 0 Å². The quantitative estimate of drug-likeness (QED) is 0.786. The fourth-order valence-electron chi connectivity index (χ4n) is 2.93. The van der Waals surface area contributed by atoms with Crippen LogP contribution in [0.1, 0.15) is 46.5 Å². The maximum atomic E-state index is 12.7. The van der Waals surface area contributed by atoms with Crippen LogP contribution in [0.5, 0.6) is 0 Å². The molecule has 1 aliphatic heterocycles. The smallest absolute Gasteiger partial charge is 0.245 e. The van der Waals surface area contributed by atoms with Crippen molar-refractivity contribution in [2.24, 2.45) is 11.3 Å². The SMILES string of the molecule is CC(C)(C)C1NC(=O)CCN(CC2CC=CCC2)C1=O. The molecule has 0 bridgehead atoms. The summed E-state index contributed by atoms with van der Waals surface area (Å²) >= 11 is 0. The molecule has 0 spiro atoms. The molecule has 1 heterocycles. The van der Waals surface area contributed by atoms with Gasteiger partial charge in [-0.25, -0.2) is 0 Å². The van der Waals surface area contributed by atoms with Gasteiger partial charge in [0.25, 0.3) is 0 Å². The van der Waals surface area contributed by atoms with Crippen molar-refractivity contribution < 1.29 is 9.59 Å². The molecule has 1 N–H and O–H groups in total. The van der Waals surface area contributed by atoms with E-state index in [0.717, 1.165) is 25.8 Å². The highest BCUT2D eigenvalue weighted by Gasteiger charge is 2.38. The number of allylic oxidation sites excluding steroid dienone is 2. The molecule has 1 aliphatic carbocycles. The van der Waals surface area contributed by atoms with Crippen molar-refractivity contribution in [3.05, 3.63) is 12.2 Å². The van der Waals surface area contributed by atoms with Crippen molar-refractivity contribution in [1.29, 1.82) is 0 Å². The zero-order valence-electron chi connectivity index (χ0n) is 12.8. The fourth-order valence-corrected chi connectivity index (χ4v) is 2.93. The summed E-state index contributed by atoms with van der Waals surface area (Å²) in [6.07, 6.45) is 8.13. The molecule has 1 fully saturated rings. The van der Waals surface area contributed by atoms with Crippen molar-refractivity contribution in [2.45, 2.75) is 52.5 Å². The fraction of sp³-hybridized carbons (Fsp3) is 0.750. The van der Waals surface area contributed by atoms with Gasteiger partial charge < -0.3 is 10.2 Å². The average molecular weight is 278 g/mol. The van der Waals surface area contributed by atoms with E-state index < -0.39 is 6.04 Å². The molecule has 0 radical (unpaired) electrons. The van der Waals surface area contributed by atoms with E-state index in [1.165, 1.54) is 0 Å². The number of hydrogen-bond acceptors (Lipinski definition) is 2. The van der Waals surface area contributed by atoms with Gasteiger partial charge in [0.1, 0.15) is 6.04 Å². The van der Waals surface area contributed by atoms with Crippen molar-refractivity contribution in [1.82, 2.24) is 10.2 Å². The summed E-state index contributed by atoms with van der Waals surface area (Å²) in [5.41, 5.74) is -0.248. The Labute approximate surface area is 121 Å². The molecule has 4 heteroatoms. The van der Waals surface area contributed by atoms with Crippen molar-refractivity contribution in [3.63, 3.8) is 0 Å². The Bertz CT molecular complexity index is 409. The van der Waals surface area contributed by atoms with Gasteiger partial charge in [-0.05, 0) is 30.6 Å². The van der Waals surface area contributed by atoms with Crippen LogP contribution in [-0.2, 0) is 9.59 Å². The Balaban J connectivity index is 2.09. The molecular weight excluding hydrogens is 252 g/mol. The number of nitrogens with one attached hydrogen (secondary N) is 1. The van der Waals surface area contributed by atoms with E-state index in [1.807, 2.05) is 25.7 Å². The molecule has 2 aliphatic rings. The molecular formula is C16H26N2O2. The van der Waals surface area contributed by atoms with E-state index in [-0.39, 0.29) is 17.2 Å². The van der Waals surface area contributed by atoms with Gasteiger partial charge >= 0.3 is 0 Å². The highest BCUT2D eigenvalue weighted by atomic mass is 16.2. The summed E-state index contributed by atoms with van der Waals surface area (Å²) in [6.45, 7) is 7.34. The standard InChI is InChI=1S/C16H26N2O2/c1-16(2,3)14-15(20)18(10-9-13(19)17-14)11-12-7-5-4-6-8-12/h4-5,12,14H,6-11H2,1-3H3,(H,17,19). The molecule has 0 saturated carbocycles. The molecule has 2 unspecified atom stereocenters. The van der Waals surface area contributed by atoms with Crippen LogP contribution >= 0.6 is 0 Å². The largest absolute Gasteiger partial charge is 0.344 e. The molecule has 2 rings (SSSR count). The van der Waals surface area contributed by atoms with Crippen LogP contribution in [0.3, 0.4) is 0 Å². The zero-order valence-corrected chi connectivity index (χ0v) is 12.8. The minimum Gasteiger partial charge on any atom is -0.344 e. The Morgan fingerprint density at radius 1 is 1.30 bits per heavy atom. The normalized spacial score (nSPS) is 28.2. The Morgan fingerprint density at radius 3 is 2.65 bits per heavy atom. The predicted octanol–water partition coefficient (Wildman–Crippen LogP) is 2.11. The summed E-state index contributed by atoms with van der Waals surface area (Å²) in [6, 6.07) is -0.406. The second-order valence-corrected chi connectivity index (χ2v) is 7.05. The third kappa shape index (κ3) is 3.62. The van der Waals surface area contributed by atoms with Crippen LogP contribution in [-0.4, -0.2) is 35.8 Å². The molecule has 4 nitrogen and oxygen atoms in total. The summed E-state index contributed by atoms with van der Waals surface area (Å²) in [7, 11) is 0. The average Bonchev–Trinajstić information content (AvgIpc) is 2.52. The van der Waals surface area contributed by atoms with Gasteiger partial charge in [-0.2, -0.15) is 0 Å². The van der Waals surface area contributed by atoms with E-state index in [4.69, 9.17) is 0 Å². The number of carbonyl (C=O) groups is 2. The predicted molar refractivity (Wildman–Crippen MR) is 79.1 cm³/mol. The highest BCUT2D eigenvalue weighted by molar-refractivity contribution is 5.90. The Morgan fingerprint density at radius 2 is 2.05 bits per heavy atom. The van der Waals surface area contributed by atoms with Crippen molar-refractivity contribution >= 4 is 11.8 Å².